The van der Waals surface area contributed by atoms with Gasteiger partial charge >= 0.3 is 11.9 Å². The SMILES string of the molecule is N[C@H](CCC(=O)N[C@H](CC1=CCc2ccccc21)C(=O)O)C(=O)O. The molecule has 0 saturated carbocycles. The number of carbonyl (C=O) groups excluding carboxylic acids is 1. The van der Waals surface area contributed by atoms with E-state index in [1.54, 1.807) is 0 Å². The Labute approximate surface area is 139 Å². The van der Waals surface area contributed by atoms with Gasteiger partial charge in [-0.15, -0.1) is 0 Å². The summed E-state index contributed by atoms with van der Waals surface area (Å²) in [6.07, 6.45) is 2.72. The van der Waals surface area contributed by atoms with Gasteiger partial charge in [0, 0.05) is 12.8 Å². The Bertz CT molecular complexity index is 683. The van der Waals surface area contributed by atoms with Gasteiger partial charge in [-0.25, -0.2) is 4.79 Å². The van der Waals surface area contributed by atoms with Crippen LogP contribution < -0.4 is 11.1 Å². The van der Waals surface area contributed by atoms with E-state index in [1.807, 2.05) is 30.3 Å². The lowest BCUT2D eigenvalue weighted by Crippen LogP contribution is -2.41. The van der Waals surface area contributed by atoms with E-state index in [1.165, 1.54) is 0 Å². The van der Waals surface area contributed by atoms with Gasteiger partial charge in [-0.1, -0.05) is 30.3 Å². The van der Waals surface area contributed by atoms with Crippen LogP contribution in [0.2, 0.25) is 0 Å². The second-order valence-electron chi connectivity index (χ2n) is 5.74. The molecule has 1 aliphatic rings. The van der Waals surface area contributed by atoms with Gasteiger partial charge in [0.1, 0.15) is 12.1 Å². The third kappa shape index (κ3) is 4.42. The van der Waals surface area contributed by atoms with E-state index < -0.39 is 29.9 Å². The molecule has 0 aliphatic heterocycles. The van der Waals surface area contributed by atoms with E-state index in [9.17, 15) is 19.5 Å². The fourth-order valence-electron chi connectivity index (χ4n) is 2.64. The number of allylic oxidation sites excluding steroid dienone is 1. The summed E-state index contributed by atoms with van der Waals surface area (Å²) in [6, 6.07) is 5.54. The number of hydrogen-bond acceptors (Lipinski definition) is 4. The van der Waals surface area contributed by atoms with Crippen LogP contribution in [0.1, 0.15) is 30.4 Å². The van der Waals surface area contributed by atoms with Crippen LogP contribution in [0, 0.1) is 0 Å². The Balaban J connectivity index is 1.95. The highest BCUT2D eigenvalue weighted by molar-refractivity contribution is 5.86. The molecule has 0 heterocycles. The van der Waals surface area contributed by atoms with Gasteiger partial charge in [0.05, 0.1) is 0 Å². The van der Waals surface area contributed by atoms with E-state index in [4.69, 9.17) is 10.8 Å². The molecule has 1 aromatic carbocycles. The van der Waals surface area contributed by atoms with Crippen LogP contribution in [0.15, 0.2) is 30.3 Å². The van der Waals surface area contributed by atoms with Gasteiger partial charge in [0.25, 0.3) is 0 Å². The van der Waals surface area contributed by atoms with Crippen LogP contribution in [0.5, 0.6) is 0 Å². The number of nitrogens with one attached hydrogen (secondary N) is 1. The van der Waals surface area contributed by atoms with Crippen LogP contribution >= 0.6 is 0 Å². The van der Waals surface area contributed by atoms with Gasteiger partial charge < -0.3 is 21.3 Å². The number of nitrogens with two attached hydrogens (primary N) is 1. The van der Waals surface area contributed by atoms with Crippen molar-refractivity contribution in [2.45, 2.75) is 37.8 Å². The van der Waals surface area contributed by atoms with Crippen molar-refractivity contribution in [1.29, 1.82) is 0 Å². The molecule has 7 nitrogen and oxygen atoms in total. The average molecular weight is 332 g/mol. The molecule has 0 radical (unpaired) electrons. The zero-order valence-electron chi connectivity index (χ0n) is 13.1. The maximum absolute atomic E-state index is 11.9. The summed E-state index contributed by atoms with van der Waals surface area (Å²) >= 11 is 0. The zero-order valence-corrected chi connectivity index (χ0v) is 13.1. The van der Waals surface area contributed by atoms with Crippen LogP contribution in [-0.4, -0.2) is 40.1 Å². The number of carbonyl (C=O) groups is 3. The number of fused-ring (bicyclic) bond motifs is 1. The van der Waals surface area contributed by atoms with Crippen molar-refractivity contribution < 1.29 is 24.6 Å². The number of carboxylic acids is 2. The Morgan fingerprint density at radius 3 is 2.54 bits per heavy atom. The molecule has 1 amide bonds. The first-order valence-corrected chi connectivity index (χ1v) is 7.66. The fourth-order valence-corrected chi connectivity index (χ4v) is 2.64. The van der Waals surface area contributed by atoms with Gasteiger partial charge in [-0.3, -0.25) is 9.59 Å². The first-order chi connectivity index (χ1) is 11.4. The number of amides is 1. The molecule has 2 atom stereocenters. The zero-order chi connectivity index (χ0) is 17.7. The number of carboxylic acid groups (broad SMARTS) is 2. The van der Waals surface area contributed by atoms with Crippen molar-refractivity contribution in [2.75, 3.05) is 0 Å². The summed E-state index contributed by atoms with van der Waals surface area (Å²) in [7, 11) is 0. The largest absolute Gasteiger partial charge is 0.480 e. The lowest BCUT2D eigenvalue weighted by atomic mass is 9.99. The number of rotatable bonds is 8. The van der Waals surface area contributed by atoms with E-state index in [2.05, 4.69) is 5.32 Å². The van der Waals surface area contributed by atoms with Crippen molar-refractivity contribution in [2.24, 2.45) is 5.73 Å². The number of hydrogen-bond donors (Lipinski definition) is 4. The Hall–Kier alpha value is -2.67. The minimum absolute atomic E-state index is 0.0426. The van der Waals surface area contributed by atoms with Crippen LogP contribution in [-0.2, 0) is 20.8 Å². The molecule has 128 valence electrons. The van der Waals surface area contributed by atoms with Crippen LogP contribution in [0.4, 0.5) is 0 Å². The van der Waals surface area contributed by atoms with E-state index >= 15 is 0 Å². The molecule has 5 N–H and O–H groups in total. The third-order valence-electron chi connectivity index (χ3n) is 3.99. The molecule has 7 heteroatoms. The molecule has 0 aromatic heterocycles. The van der Waals surface area contributed by atoms with E-state index in [-0.39, 0.29) is 19.3 Å². The third-order valence-corrected chi connectivity index (χ3v) is 3.99. The Kier molecular flexibility index (Phi) is 5.70. The molecule has 0 unspecified atom stereocenters. The van der Waals surface area contributed by atoms with E-state index in [0.29, 0.717) is 0 Å². The van der Waals surface area contributed by atoms with Gasteiger partial charge in [-0.2, -0.15) is 0 Å². The molecular weight excluding hydrogens is 312 g/mol. The first kappa shape index (κ1) is 17.7. The summed E-state index contributed by atoms with van der Waals surface area (Å²) in [6.45, 7) is 0. The standard InChI is InChI=1S/C17H20N2O5/c18-13(16(21)22)7-8-15(20)19-14(17(23)24)9-11-6-5-10-3-1-2-4-12(10)11/h1-4,6,13-14H,5,7-9,18H2,(H,19,20)(H,21,22)(H,23,24)/t13-,14-/m1/s1. The summed E-state index contributed by atoms with van der Waals surface area (Å²) in [4.78, 5) is 33.9. The predicted molar refractivity (Wildman–Crippen MR) is 87.2 cm³/mol. The molecule has 0 spiro atoms. The topological polar surface area (TPSA) is 130 Å². The van der Waals surface area contributed by atoms with Gasteiger partial charge in [0.15, 0.2) is 0 Å². The van der Waals surface area contributed by atoms with E-state index in [0.717, 1.165) is 23.1 Å². The highest BCUT2D eigenvalue weighted by atomic mass is 16.4. The molecular formula is C17H20N2O5. The van der Waals surface area contributed by atoms with Crippen molar-refractivity contribution in [1.82, 2.24) is 5.32 Å². The minimum atomic E-state index is -1.19. The summed E-state index contributed by atoms with van der Waals surface area (Å²) in [5, 5.41) is 20.5. The van der Waals surface area contributed by atoms with Crippen LogP contribution in [0.3, 0.4) is 0 Å². The molecule has 24 heavy (non-hydrogen) atoms. The lowest BCUT2D eigenvalue weighted by Gasteiger charge is -2.16. The molecule has 0 bridgehead atoms. The average Bonchev–Trinajstić information content (AvgIpc) is 2.95. The number of benzene rings is 1. The second kappa shape index (κ2) is 7.74. The number of aliphatic carboxylic acids is 2. The summed E-state index contributed by atoms with van der Waals surface area (Å²) in [5.74, 6) is -2.84. The molecule has 1 aliphatic carbocycles. The first-order valence-electron chi connectivity index (χ1n) is 7.66. The monoisotopic (exact) mass is 332 g/mol. The maximum Gasteiger partial charge on any atom is 0.326 e. The fraction of sp³-hybridized carbons (Fsp3) is 0.353. The van der Waals surface area contributed by atoms with Gasteiger partial charge in [-0.05, 0) is 29.5 Å². The molecule has 0 fully saturated rings. The molecule has 2 rings (SSSR count). The summed E-state index contributed by atoms with van der Waals surface area (Å²) in [5.41, 5.74) is 8.37. The highest BCUT2D eigenvalue weighted by Gasteiger charge is 2.25. The molecule has 1 aromatic rings. The predicted octanol–water partition coefficient (Wildman–Crippen LogP) is 0.778. The van der Waals surface area contributed by atoms with Crippen molar-refractivity contribution in [3.63, 3.8) is 0 Å². The van der Waals surface area contributed by atoms with Crippen molar-refractivity contribution in [3.8, 4) is 0 Å². The Morgan fingerprint density at radius 1 is 1.17 bits per heavy atom. The lowest BCUT2D eigenvalue weighted by molar-refractivity contribution is -0.142. The van der Waals surface area contributed by atoms with Crippen molar-refractivity contribution in [3.05, 3.63) is 41.5 Å². The normalized spacial score (nSPS) is 15.1. The van der Waals surface area contributed by atoms with Crippen molar-refractivity contribution >= 4 is 23.4 Å². The smallest absolute Gasteiger partial charge is 0.326 e. The Morgan fingerprint density at radius 2 is 1.88 bits per heavy atom. The maximum atomic E-state index is 11.9. The summed E-state index contributed by atoms with van der Waals surface area (Å²) < 4.78 is 0. The molecule has 0 saturated heterocycles. The second-order valence-corrected chi connectivity index (χ2v) is 5.74. The van der Waals surface area contributed by atoms with Crippen LogP contribution in [0.25, 0.3) is 5.57 Å². The quantitative estimate of drug-likeness (QED) is 0.556. The highest BCUT2D eigenvalue weighted by Crippen LogP contribution is 2.30. The van der Waals surface area contributed by atoms with Gasteiger partial charge in [0.2, 0.25) is 5.91 Å². The minimum Gasteiger partial charge on any atom is -0.480 e.